The van der Waals surface area contributed by atoms with Crippen molar-refractivity contribution < 1.29 is 17.9 Å². The molecular weight excluding hydrogens is 380 g/mol. The fraction of sp³-hybridized carbons (Fsp3) is 0.105. The van der Waals surface area contributed by atoms with Gasteiger partial charge in [0, 0.05) is 17.8 Å². The van der Waals surface area contributed by atoms with Gasteiger partial charge in [-0.05, 0) is 29.8 Å². The Morgan fingerprint density at radius 1 is 1.07 bits per heavy atom. The number of carbonyl (C=O) groups excluding carboxylic acids is 1. The number of nitrogens with zero attached hydrogens (tertiary/aromatic N) is 2. The summed E-state index contributed by atoms with van der Waals surface area (Å²) in [6.07, 6.45) is 1.48. The molecule has 28 heavy (non-hydrogen) atoms. The molecule has 9 heteroatoms. The highest BCUT2D eigenvalue weighted by Gasteiger charge is 2.16. The lowest BCUT2D eigenvalue weighted by Crippen LogP contribution is -2.30. The van der Waals surface area contributed by atoms with Gasteiger partial charge in [0.25, 0.3) is 5.91 Å². The summed E-state index contributed by atoms with van der Waals surface area (Å²) < 4.78 is 30.0. The summed E-state index contributed by atoms with van der Waals surface area (Å²) in [5.41, 5.74) is 5.87. The molecule has 3 aromatic rings. The molecule has 0 saturated heterocycles. The number of hydrogen-bond donors (Lipinski definition) is 2. The molecule has 1 heterocycles. The van der Waals surface area contributed by atoms with E-state index in [0.29, 0.717) is 17.0 Å². The molecule has 0 atom stereocenters. The molecule has 0 fully saturated rings. The number of hydrazine groups is 1. The quantitative estimate of drug-likeness (QED) is 0.587. The average Bonchev–Trinajstić information content (AvgIpc) is 2.72. The van der Waals surface area contributed by atoms with E-state index < -0.39 is 15.7 Å². The van der Waals surface area contributed by atoms with E-state index in [9.17, 15) is 13.2 Å². The number of carbonyl (C=O) groups is 1. The fourth-order valence-electron chi connectivity index (χ4n) is 2.43. The number of rotatable bonds is 7. The first-order valence-corrected chi connectivity index (χ1v) is 9.93. The largest absolute Gasteiger partial charge is 0.481 e. The number of ether oxygens (including phenoxy) is 1. The number of anilines is 1. The Labute approximate surface area is 162 Å². The summed E-state index contributed by atoms with van der Waals surface area (Å²) in [6.45, 7) is 0. The van der Waals surface area contributed by atoms with Gasteiger partial charge in [-0.25, -0.2) is 13.4 Å². The van der Waals surface area contributed by atoms with Crippen LogP contribution in [0.5, 0.6) is 5.88 Å². The Bertz CT molecular complexity index is 1070. The van der Waals surface area contributed by atoms with Gasteiger partial charge in [0.1, 0.15) is 0 Å². The van der Waals surface area contributed by atoms with Crippen LogP contribution in [0.3, 0.4) is 0 Å². The molecule has 8 nitrogen and oxygen atoms in total. The smallest absolute Gasteiger partial charge is 0.269 e. The number of aromatic nitrogens is 2. The van der Waals surface area contributed by atoms with Gasteiger partial charge < -0.3 is 4.74 Å². The van der Waals surface area contributed by atoms with Gasteiger partial charge in [-0.3, -0.25) is 15.6 Å². The van der Waals surface area contributed by atoms with Crippen LogP contribution in [0.4, 0.5) is 5.95 Å². The third kappa shape index (κ3) is 4.83. The van der Waals surface area contributed by atoms with Crippen LogP contribution in [0.25, 0.3) is 0 Å². The number of benzene rings is 2. The Hall–Kier alpha value is -3.46. The van der Waals surface area contributed by atoms with Crippen molar-refractivity contribution in [2.75, 3.05) is 12.5 Å². The van der Waals surface area contributed by atoms with Crippen LogP contribution >= 0.6 is 0 Å². The average molecular weight is 398 g/mol. The highest BCUT2D eigenvalue weighted by molar-refractivity contribution is 7.90. The van der Waals surface area contributed by atoms with Gasteiger partial charge in [-0.15, -0.1) is 0 Å². The Morgan fingerprint density at radius 2 is 1.86 bits per heavy atom. The van der Waals surface area contributed by atoms with Crippen molar-refractivity contribution in [1.29, 1.82) is 0 Å². The molecule has 0 unspecified atom stereocenters. The highest BCUT2D eigenvalue weighted by Crippen LogP contribution is 2.17. The fourth-order valence-corrected chi connectivity index (χ4v) is 3.79. The molecule has 2 N–H and O–H groups in total. The standard InChI is InChI=1S/C19H18N4O4S/c1-27-17-10-11-20-19(21-17)23-22-18(24)15-7-5-6-14(12-15)13-28(25,26)16-8-3-2-4-9-16/h2-12H,13H2,1H3,(H,22,24)(H,20,21,23). The van der Waals surface area contributed by atoms with E-state index in [-0.39, 0.29) is 16.6 Å². The SMILES string of the molecule is COc1ccnc(NNC(=O)c2cccc(CS(=O)(=O)c3ccccc3)c2)n1. The van der Waals surface area contributed by atoms with Crippen molar-refractivity contribution in [1.82, 2.24) is 15.4 Å². The van der Waals surface area contributed by atoms with Gasteiger partial charge in [0.2, 0.25) is 11.8 Å². The molecule has 0 saturated carbocycles. The Kier molecular flexibility index (Phi) is 5.85. The van der Waals surface area contributed by atoms with Crippen molar-refractivity contribution >= 4 is 21.7 Å². The first-order valence-electron chi connectivity index (χ1n) is 8.28. The molecule has 0 aliphatic rings. The summed E-state index contributed by atoms with van der Waals surface area (Å²) in [6, 6.07) is 16.2. The van der Waals surface area contributed by atoms with Crippen LogP contribution in [0, 0.1) is 0 Å². The molecule has 0 spiro atoms. The van der Waals surface area contributed by atoms with Crippen LogP contribution in [0.2, 0.25) is 0 Å². The summed E-state index contributed by atoms with van der Waals surface area (Å²) in [7, 11) is -2.03. The summed E-state index contributed by atoms with van der Waals surface area (Å²) in [5.74, 6) is -0.148. The normalized spacial score (nSPS) is 10.9. The van der Waals surface area contributed by atoms with Gasteiger partial charge in [0.05, 0.1) is 17.8 Å². The van der Waals surface area contributed by atoms with Crippen LogP contribution in [0.15, 0.2) is 71.8 Å². The lowest BCUT2D eigenvalue weighted by molar-refractivity contribution is 0.0962. The van der Waals surface area contributed by atoms with E-state index >= 15 is 0 Å². The van der Waals surface area contributed by atoms with E-state index in [1.165, 1.54) is 19.4 Å². The molecule has 3 rings (SSSR count). The zero-order valence-electron chi connectivity index (χ0n) is 15.0. The lowest BCUT2D eigenvalue weighted by Gasteiger charge is -2.09. The summed E-state index contributed by atoms with van der Waals surface area (Å²) >= 11 is 0. The first-order chi connectivity index (χ1) is 13.5. The number of amides is 1. The van der Waals surface area contributed by atoms with E-state index in [2.05, 4.69) is 20.8 Å². The second kappa shape index (κ2) is 8.49. The second-order valence-corrected chi connectivity index (χ2v) is 7.76. The maximum Gasteiger partial charge on any atom is 0.269 e. The molecule has 0 aliphatic carbocycles. The van der Waals surface area contributed by atoms with Crippen LogP contribution in [-0.4, -0.2) is 31.4 Å². The minimum absolute atomic E-state index is 0.163. The van der Waals surface area contributed by atoms with Gasteiger partial charge >= 0.3 is 0 Å². The Morgan fingerprint density at radius 3 is 2.61 bits per heavy atom. The van der Waals surface area contributed by atoms with E-state index in [4.69, 9.17) is 4.74 Å². The number of sulfone groups is 1. The summed E-state index contributed by atoms with van der Waals surface area (Å²) in [4.78, 5) is 20.6. The highest BCUT2D eigenvalue weighted by atomic mass is 32.2. The first kappa shape index (κ1) is 19.3. The van der Waals surface area contributed by atoms with Crippen molar-refractivity contribution in [2.45, 2.75) is 10.6 Å². The van der Waals surface area contributed by atoms with E-state index in [0.717, 1.165) is 0 Å². The monoisotopic (exact) mass is 398 g/mol. The predicted molar refractivity (Wildman–Crippen MR) is 103 cm³/mol. The third-order valence-electron chi connectivity index (χ3n) is 3.78. The van der Waals surface area contributed by atoms with Gasteiger partial charge in [-0.2, -0.15) is 4.98 Å². The number of nitrogens with one attached hydrogen (secondary N) is 2. The van der Waals surface area contributed by atoms with E-state index in [1.807, 2.05) is 0 Å². The van der Waals surface area contributed by atoms with E-state index in [1.54, 1.807) is 54.6 Å². The molecular formula is C19H18N4O4S. The second-order valence-electron chi connectivity index (χ2n) is 5.77. The lowest BCUT2D eigenvalue weighted by atomic mass is 10.1. The summed E-state index contributed by atoms with van der Waals surface area (Å²) in [5, 5.41) is 0. The van der Waals surface area contributed by atoms with Gasteiger partial charge in [-0.1, -0.05) is 30.3 Å². The molecule has 0 bridgehead atoms. The van der Waals surface area contributed by atoms with Crippen molar-refractivity contribution in [3.8, 4) is 5.88 Å². The molecule has 0 radical (unpaired) electrons. The van der Waals surface area contributed by atoms with Crippen LogP contribution in [-0.2, 0) is 15.6 Å². The van der Waals surface area contributed by atoms with Crippen LogP contribution in [0.1, 0.15) is 15.9 Å². The zero-order valence-corrected chi connectivity index (χ0v) is 15.8. The zero-order chi connectivity index (χ0) is 20.0. The number of hydrogen-bond acceptors (Lipinski definition) is 7. The minimum Gasteiger partial charge on any atom is -0.481 e. The van der Waals surface area contributed by atoms with Crippen molar-refractivity contribution in [2.24, 2.45) is 0 Å². The maximum absolute atomic E-state index is 12.5. The molecule has 144 valence electrons. The molecule has 1 amide bonds. The van der Waals surface area contributed by atoms with Crippen molar-refractivity contribution in [3.63, 3.8) is 0 Å². The predicted octanol–water partition coefficient (Wildman–Crippen LogP) is 2.22. The minimum atomic E-state index is -3.50. The maximum atomic E-state index is 12.5. The third-order valence-corrected chi connectivity index (χ3v) is 5.48. The molecule has 1 aromatic heterocycles. The van der Waals surface area contributed by atoms with Crippen LogP contribution < -0.4 is 15.6 Å². The molecule has 0 aliphatic heterocycles. The van der Waals surface area contributed by atoms with Gasteiger partial charge in [0.15, 0.2) is 9.84 Å². The molecule has 2 aromatic carbocycles. The van der Waals surface area contributed by atoms with Crippen molar-refractivity contribution in [3.05, 3.63) is 78.0 Å². The topological polar surface area (TPSA) is 110 Å². The number of methoxy groups -OCH3 is 1. The Balaban J connectivity index is 1.69.